The second-order valence-electron chi connectivity index (χ2n) is 6.81. The van der Waals surface area contributed by atoms with Gasteiger partial charge in [-0.25, -0.2) is 9.18 Å². The molecule has 0 bridgehead atoms. The van der Waals surface area contributed by atoms with Gasteiger partial charge in [0, 0.05) is 18.8 Å². The number of nitrogens with zero attached hydrogens (tertiary/aromatic N) is 1. The van der Waals surface area contributed by atoms with Crippen molar-refractivity contribution in [2.45, 2.75) is 32.2 Å². The number of nitrogens with one attached hydrogen (secondary N) is 2. The van der Waals surface area contributed by atoms with Gasteiger partial charge in [0.05, 0.1) is 12.5 Å². The number of halogens is 1. The number of benzene rings is 2. The Kier molecular flexibility index (Phi) is 6.06. The predicted molar refractivity (Wildman–Crippen MR) is 103 cm³/mol. The topological polar surface area (TPSA) is 61.4 Å². The Morgan fingerprint density at radius 1 is 1.11 bits per heavy atom. The smallest absolute Gasteiger partial charge is 0.317 e. The SMILES string of the molecule is CC(NC(=O)N1CCCC1)c1cccc(NC(=O)Cc2ccccc2F)c1. The van der Waals surface area contributed by atoms with E-state index in [1.54, 1.807) is 24.3 Å². The van der Waals surface area contributed by atoms with Crippen molar-refractivity contribution in [2.75, 3.05) is 18.4 Å². The monoisotopic (exact) mass is 369 g/mol. The third-order valence-electron chi connectivity index (χ3n) is 4.71. The van der Waals surface area contributed by atoms with Crippen molar-refractivity contribution in [1.29, 1.82) is 0 Å². The van der Waals surface area contributed by atoms with Gasteiger partial charge in [-0.1, -0.05) is 30.3 Å². The maximum atomic E-state index is 13.7. The molecule has 1 saturated heterocycles. The van der Waals surface area contributed by atoms with Crippen LogP contribution in [-0.2, 0) is 11.2 Å². The lowest BCUT2D eigenvalue weighted by Crippen LogP contribution is -2.39. The molecule has 1 unspecified atom stereocenters. The molecule has 6 heteroatoms. The Bertz CT molecular complexity index is 819. The van der Waals surface area contributed by atoms with Crippen molar-refractivity contribution in [3.8, 4) is 0 Å². The molecule has 5 nitrogen and oxygen atoms in total. The maximum absolute atomic E-state index is 13.7. The number of carbonyl (C=O) groups is 2. The fraction of sp³-hybridized carbons (Fsp3) is 0.333. The van der Waals surface area contributed by atoms with E-state index in [1.807, 2.05) is 30.0 Å². The van der Waals surface area contributed by atoms with Crippen LogP contribution in [-0.4, -0.2) is 29.9 Å². The van der Waals surface area contributed by atoms with E-state index in [9.17, 15) is 14.0 Å². The molecule has 2 aromatic rings. The molecule has 2 N–H and O–H groups in total. The molecule has 27 heavy (non-hydrogen) atoms. The molecule has 1 heterocycles. The highest BCUT2D eigenvalue weighted by Crippen LogP contribution is 2.19. The van der Waals surface area contributed by atoms with Crippen LogP contribution in [0.2, 0.25) is 0 Å². The quantitative estimate of drug-likeness (QED) is 0.840. The molecular weight excluding hydrogens is 345 g/mol. The van der Waals surface area contributed by atoms with Crippen molar-refractivity contribution in [3.05, 3.63) is 65.5 Å². The number of hydrogen-bond donors (Lipinski definition) is 2. The van der Waals surface area contributed by atoms with Crippen LogP contribution in [0.15, 0.2) is 48.5 Å². The summed E-state index contributed by atoms with van der Waals surface area (Å²) in [5.74, 6) is -0.675. The number of urea groups is 1. The van der Waals surface area contributed by atoms with E-state index in [-0.39, 0.29) is 30.2 Å². The molecule has 1 aliphatic rings. The largest absolute Gasteiger partial charge is 0.331 e. The lowest BCUT2D eigenvalue weighted by molar-refractivity contribution is -0.115. The minimum Gasteiger partial charge on any atom is -0.331 e. The minimum absolute atomic E-state index is 0.0296. The average molecular weight is 369 g/mol. The van der Waals surface area contributed by atoms with Crippen LogP contribution >= 0.6 is 0 Å². The van der Waals surface area contributed by atoms with Crippen molar-refractivity contribution in [2.24, 2.45) is 0 Å². The second-order valence-corrected chi connectivity index (χ2v) is 6.81. The van der Waals surface area contributed by atoms with Crippen LogP contribution < -0.4 is 10.6 Å². The van der Waals surface area contributed by atoms with Gasteiger partial charge < -0.3 is 15.5 Å². The highest BCUT2D eigenvalue weighted by atomic mass is 19.1. The van der Waals surface area contributed by atoms with Gasteiger partial charge in [0.15, 0.2) is 0 Å². The Balaban J connectivity index is 1.60. The van der Waals surface area contributed by atoms with Crippen molar-refractivity contribution in [1.82, 2.24) is 10.2 Å². The summed E-state index contributed by atoms with van der Waals surface area (Å²) in [5, 5.41) is 5.78. The van der Waals surface area contributed by atoms with Crippen molar-refractivity contribution < 1.29 is 14.0 Å². The fourth-order valence-corrected chi connectivity index (χ4v) is 3.19. The molecular formula is C21H24FN3O2. The zero-order valence-electron chi connectivity index (χ0n) is 15.4. The summed E-state index contributed by atoms with van der Waals surface area (Å²) in [7, 11) is 0. The Morgan fingerprint density at radius 3 is 2.59 bits per heavy atom. The Morgan fingerprint density at radius 2 is 1.85 bits per heavy atom. The van der Waals surface area contributed by atoms with Crippen molar-refractivity contribution in [3.63, 3.8) is 0 Å². The van der Waals surface area contributed by atoms with E-state index < -0.39 is 0 Å². The van der Waals surface area contributed by atoms with Gasteiger partial charge in [-0.05, 0) is 49.1 Å². The molecule has 0 spiro atoms. The van der Waals surface area contributed by atoms with Gasteiger partial charge in [-0.3, -0.25) is 4.79 Å². The first kappa shape index (κ1) is 18.9. The van der Waals surface area contributed by atoms with E-state index >= 15 is 0 Å². The normalized spacial score (nSPS) is 14.7. The van der Waals surface area contributed by atoms with Crippen LogP contribution in [0.3, 0.4) is 0 Å². The summed E-state index contributed by atoms with van der Waals surface area (Å²) >= 11 is 0. The van der Waals surface area contributed by atoms with Gasteiger partial charge in [-0.2, -0.15) is 0 Å². The lowest BCUT2D eigenvalue weighted by atomic mass is 10.1. The van der Waals surface area contributed by atoms with Crippen molar-refractivity contribution >= 4 is 17.6 Å². The van der Waals surface area contributed by atoms with Crippen LogP contribution in [0.4, 0.5) is 14.9 Å². The first-order valence-electron chi connectivity index (χ1n) is 9.21. The molecule has 0 aliphatic carbocycles. The summed E-state index contributed by atoms with van der Waals surface area (Å²) in [5.41, 5.74) is 1.87. The van der Waals surface area contributed by atoms with Crippen LogP contribution in [0.25, 0.3) is 0 Å². The number of hydrogen-bond acceptors (Lipinski definition) is 2. The highest BCUT2D eigenvalue weighted by molar-refractivity contribution is 5.92. The summed E-state index contributed by atoms with van der Waals surface area (Å²) in [6.45, 7) is 3.50. The number of anilines is 1. The van der Waals surface area contributed by atoms with Crippen LogP contribution in [0.5, 0.6) is 0 Å². The van der Waals surface area contributed by atoms with Gasteiger partial charge in [0.25, 0.3) is 0 Å². The van der Waals surface area contributed by atoms with Gasteiger partial charge in [0.2, 0.25) is 5.91 Å². The average Bonchev–Trinajstić information content (AvgIpc) is 3.18. The fourth-order valence-electron chi connectivity index (χ4n) is 3.19. The zero-order valence-corrected chi connectivity index (χ0v) is 15.4. The minimum atomic E-state index is -0.389. The number of amides is 3. The molecule has 1 atom stereocenters. The number of likely N-dealkylation sites (tertiary alicyclic amines) is 1. The third kappa shape index (κ3) is 5.06. The van der Waals surface area contributed by atoms with E-state index in [4.69, 9.17) is 0 Å². The molecule has 0 aromatic heterocycles. The van der Waals surface area contributed by atoms with Crippen LogP contribution in [0.1, 0.15) is 36.9 Å². The molecule has 142 valence electrons. The van der Waals surface area contributed by atoms with E-state index in [0.717, 1.165) is 31.5 Å². The summed E-state index contributed by atoms with van der Waals surface area (Å²) in [6.07, 6.45) is 2.06. The van der Waals surface area contributed by atoms with Gasteiger partial charge in [0.1, 0.15) is 5.82 Å². The number of carbonyl (C=O) groups excluding carboxylic acids is 2. The predicted octanol–water partition coefficient (Wildman–Crippen LogP) is 3.87. The molecule has 0 saturated carbocycles. The number of rotatable bonds is 5. The molecule has 3 rings (SSSR count). The Hall–Kier alpha value is -2.89. The zero-order chi connectivity index (χ0) is 19.2. The molecule has 2 aromatic carbocycles. The summed E-state index contributed by atoms with van der Waals surface area (Å²) in [6, 6.07) is 13.3. The lowest BCUT2D eigenvalue weighted by Gasteiger charge is -2.21. The second kappa shape index (κ2) is 8.66. The molecule has 1 fully saturated rings. The molecule has 1 aliphatic heterocycles. The van der Waals surface area contributed by atoms with E-state index in [1.165, 1.54) is 6.07 Å². The first-order chi connectivity index (χ1) is 13.0. The van der Waals surface area contributed by atoms with E-state index in [0.29, 0.717) is 11.3 Å². The molecule has 3 amide bonds. The van der Waals surface area contributed by atoms with Gasteiger partial charge in [-0.15, -0.1) is 0 Å². The maximum Gasteiger partial charge on any atom is 0.317 e. The Labute approximate surface area is 158 Å². The van der Waals surface area contributed by atoms with E-state index in [2.05, 4.69) is 10.6 Å². The summed E-state index contributed by atoms with van der Waals surface area (Å²) in [4.78, 5) is 26.3. The third-order valence-corrected chi connectivity index (χ3v) is 4.71. The highest BCUT2D eigenvalue weighted by Gasteiger charge is 2.20. The standard InChI is InChI=1S/C21H24FN3O2/c1-15(23-21(27)25-11-4-5-12-25)16-8-6-9-18(13-16)24-20(26)14-17-7-2-3-10-19(17)22/h2-3,6-10,13,15H,4-5,11-12,14H2,1H3,(H,23,27)(H,24,26). The van der Waals surface area contributed by atoms with Gasteiger partial charge >= 0.3 is 6.03 Å². The first-order valence-corrected chi connectivity index (χ1v) is 9.21. The van der Waals surface area contributed by atoms with Crippen LogP contribution in [0, 0.1) is 5.82 Å². The summed E-state index contributed by atoms with van der Waals surface area (Å²) < 4.78 is 13.7. The molecule has 0 radical (unpaired) electrons.